The third-order valence-electron chi connectivity index (χ3n) is 5.85. The van der Waals surface area contributed by atoms with Crippen LogP contribution in [0, 0.1) is 12.8 Å². The van der Waals surface area contributed by atoms with E-state index in [2.05, 4.69) is 29.4 Å². The van der Waals surface area contributed by atoms with E-state index in [9.17, 15) is 4.79 Å². The lowest BCUT2D eigenvalue weighted by Gasteiger charge is -2.29. The molecule has 1 amide bonds. The molecule has 1 N–H and O–H groups in total. The lowest BCUT2D eigenvalue weighted by molar-refractivity contribution is 0.0668. The highest BCUT2D eigenvalue weighted by Gasteiger charge is 2.25. The minimum atomic E-state index is -0.0408. The number of aryl methyl sites for hydroxylation is 1. The van der Waals surface area contributed by atoms with Crippen LogP contribution in [0.25, 0.3) is 0 Å². The molecule has 0 unspecified atom stereocenters. The molecule has 1 atom stereocenters. The van der Waals surface area contributed by atoms with Gasteiger partial charge in [-0.3, -0.25) is 9.69 Å². The molecule has 166 valence electrons. The molecule has 0 spiro atoms. The molecule has 0 saturated carbocycles. The minimum Gasteiger partial charge on any atom is -0.381 e. The van der Waals surface area contributed by atoms with Gasteiger partial charge in [0.2, 0.25) is 5.95 Å². The Morgan fingerprint density at radius 1 is 1.12 bits per heavy atom. The van der Waals surface area contributed by atoms with Gasteiger partial charge >= 0.3 is 0 Å². The first-order chi connectivity index (χ1) is 15.6. The summed E-state index contributed by atoms with van der Waals surface area (Å²) in [5, 5.41) is 3.36. The summed E-state index contributed by atoms with van der Waals surface area (Å²) >= 11 is 0. The Morgan fingerprint density at radius 2 is 1.91 bits per heavy atom. The molecule has 6 nitrogen and oxygen atoms in total. The van der Waals surface area contributed by atoms with E-state index in [0.717, 1.165) is 37.2 Å². The van der Waals surface area contributed by atoms with Gasteiger partial charge in [-0.15, -0.1) is 0 Å². The highest BCUT2D eigenvalue weighted by molar-refractivity contribution is 6.05. The fraction of sp³-hybridized carbons (Fsp3) is 0.346. The fourth-order valence-corrected chi connectivity index (χ4v) is 3.99. The second-order valence-electron chi connectivity index (χ2n) is 8.36. The van der Waals surface area contributed by atoms with Crippen LogP contribution in [0.1, 0.15) is 47.3 Å². The fourth-order valence-electron chi connectivity index (χ4n) is 3.99. The lowest BCUT2D eigenvalue weighted by Crippen LogP contribution is -2.38. The van der Waals surface area contributed by atoms with E-state index in [1.54, 1.807) is 11.1 Å². The third kappa shape index (κ3) is 5.51. The Hall–Kier alpha value is -3.25. The van der Waals surface area contributed by atoms with Crippen LogP contribution in [0.4, 0.5) is 11.8 Å². The number of aromatic nitrogens is 2. The number of benzene rings is 2. The van der Waals surface area contributed by atoms with Crippen molar-refractivity contribution in [2.45, 2.75) is 32.7 Å². The van der Waals surface area contributed by atoms with Gasteiger partial charge in [-0.1, -0.05) is 48.0 Å². The second-order valence-corrected chi connectivity index (χ2v) is 8.36. The summed E-state index contributed by atoms with van der Waals surface area (Å²) in [6, 6.07) is 19.7. The maximum absolute atomic E-state index is 13.5. The minimum absolute atomic E-state index is 0.0408. The van der Waals surface area contributed by atoms with Gasteiger partial charge in [0.05, 0.1) is 6.04 Å². The van der Waals surface area contributed by atoms with Crippen molar-refractivity contribution in [3.63, 3.8) is 0 Å². The van der Waals surface area contributed by atoms with Gasteiger partial charge in [0.15, 0.2) is 0 Å². The molecule has 1 saturated heterocycles. The van der Waals surface area contributed by atoms with Crippen molar-refractivity contribution in [2.75, 3.05) is 30.0 Å². The average molecular weight is 431 g/mol. The summed E-state index contributed by atoms with van der Waals surface area (Å²) in [4.78, 5) is 24.5. The number of ether oxygens (including phenoxy) is 1. The molecule has 1 fully saturated rings. The van der Waals surface area contributed by atoms with Gasteiger partial charge in [0.25, 0.3) is 5.91 Å². The van der Waals surface area contributed by atoms with Crippen LogP contribution in [0.2, 0.25) is 0 Å². The van der Waals surface area contributed by atoms with Crippen molar-refractivity contribution in [3.05, 3.63) is 83.6 Å². The quantitative estimate of drug-likeness (QED) is 0.569. The molecule has 0 aliphatic carbocycles. The highest BCUT2D eigenvalue weighted by atomic mass is 16.5. The largest absolute Gasteiger partial charge is 0.381 e. The summed E-state index contributed by atoms with van der Waals surface area (Å²) in [5.41, 5.74) is 2.88. The number of hydrogen-bond acceptors (Lipinski definition) is 5. The Bertz CT molecular complexity index is 1030. The van der Waals surface area contributed by atoms with Crippen LogP contribution in [-0.2, 0) is 4.74 Å². The summed E-state index contributed by atoms with van der Waals surface area (Å²) in [5.74, 6) is 1.46. The smallest absolute Gasteiger partial charge is 0.259 e. The molecular weight excluding hydrogens is 400 g/mol. The third-order valence-corrected chi connectivity index (χ3v) is 5.85. The van der Waals surface area contributed by atoms with E-state index in [4.69, 9.17) is 9.72 Å². The Morgan fingerprint density at radius 3 is 2.66 bits per heavy atom. The molecule has 0 radical (unpaired) electrons. The number of hydrogen-bond donors (Lipinski definition) is 1. The van der Waals surface area contributed by atoms with E-state index in [-0.39, 0.29) is 11.9 Å². The van der Waals surface area contributed by atoms with E-state index in [1.165, 1.54) is 0 Å². The van der Waals surface area contributed by atoms with Crippen LogP contribution in [-0.4, -0.2) is 35.6 Å². The van der Waals surface area contributed by atoms with E-state index >= 15 is 0 Å². The molecule has 4 rings (SSSR count). The van der Waals surface area contributed by atoms with Gasteiger partial charge in [0.1, 0.15) is 5.82 Å². The molecule has 6 heteroatoms. The topological polar surface area (TPSA) is 67.4 Å². The molecule has 1 aliphatic heterocycles. The van der Waals surface area contributed by atoms with Crippen LogP contribution in [0.3, 0.4) is 0 Å². The molecular formula is C26H30N4O2. The number of amides is 1. The van der Waals surface area contributed by atoms with E-state index < -0.39 is 0 Å². The van der Waals surface area contributed by atoms with Crippen molar-refractivity contribution in [1.29, 1.82) is 0 Å². The molecule has 32 heavy (non-hydrogen) atoms. The van der Waals surface area contributed by atoms with Crippen LogP contribution >= 0.6 is 0 Å². The number of rotatable bonds is 7. The maximum atomic E-state index is 13.5. The van der Waals surface area contributed by atoms with Crippen molar-refractivity contribution in [2.24, 2.45) is 5.92 Å². The Balaban J connectivity index is 1.60. The zero-order valence-corrected chi connectivity index (χ0v) is 18.7. The Labute approximate surface area is 189 Å². The molecule has 2 aromatic carbocycles. The second kappa shape index (κ2) is 10.4. The van der Waals surface area contributed by atoms with Gasteiger partial charge in [-0.2, -0.15) is 4.98 Å². The summed E-state index contributed by atoms with van der Waals surface area (Å²) in [7, 11) is 0. The van der Waals surface area contributed by atoms with Gasteiger partial charge in [0, 0.05) is 31.5 Å². The number of anilines is 2. The normalized spacial score (nSPS) is 15.2. The first-order valence-electron chi connectivity index (χ1n) is 11.2. The number of carbonyl (C=O) groups is 1. The van der Waals surface area contributed by atoms with Gasteiger partial charge in [-0.25, -0.2) is 4.98 Å². The molecule has 2 heterocycles. The van der Waals surface area contributed by atoms with Crippen molar-refractivity contribution in [1.82, 2.24) is 9.97 Å². The van der Waals surface area contributed by atoms with E-state index in [1.807, 2.05) is 55.5 Å². The number of carbonyl (C=O) groups excluding carboxylic acids is 1. The first kappa shape index (κ1) is 22.0. The van der Waals surface area contributed by atoms with Crippen LogP contribution in [0.15, 0.2) is 66.9 Å². The summed E-state index contributed by atoms with van der Waals surface area (Å²) < 4.78 is 5.51. The Kier molecular flexibility index (Phi) is 7.12. The lowest BCUT2D eigenvalue weighted by atomic mass is 9.99. The monoisotopic (exact) mass is 430 g/mol. The first-order valence-corrected chi connectivity index (χ1v) is 11.2. The SMILES string of the molecule is Cc1cccc(C(=O)N(CC2CCOCC2)c2ccnc(N[C@@H](C)c3ccccc3)n2)c1. The van der Waals surface area contributed by atoms with Gasteiger partial charge < -0.3 is 10.1 Å². The van der Waals surface area contributed by atoms with Crippen molar-refractivity contribution < 1.29 is 9.53 Å². The number of nitrogens with one attached hydrogen (secondary N) is 1. The maximum Gasteiger partial charge on any atom is 0.259 e. The van der Waals surface area contributed by atoms with Crippen molar-refractivity contribution >= 4 is 17.7 Å². The predicted octanol–water partition coefficient (Wildman–Crippen LogP) is 5.03. The molecule has 3 aromatic rings. The summed E-state index contributed by atoms with van der Waals surface area (Å²) in [6.45, 7) is 6.16. The van der Waals surface area contributed by atoms with Gasteiger partial charge in [-0.05, 0) is 56.4 Å². The van der Waals surface area contributed by atoms with Crippen LogP contribution in [0.5, 0.6) is 0 Å². The average Bonchev–Trinajstić information content (AvgIpc) is 2.83. The zero-order chi connectivity index (χ0) is 22.3. The standard InChI is InChI=1S/C26H30N4O2/c1-19-7-6-10-23(17-19)25(31)30(18-21-12-15-32-16-13-21)24-11-14-27-26(29-24)28-20(2)22-8-4-3-5-9-22/h3-11,14,17,20-21H,12-13,15-16,18H2,1-2H3,(H,27,28,29)/t20-/m0/s1. The van der Waals surface area contributed by atoms with E-state index in [0.29, 0.717) is 29.8 Å². The molecule has 0 bridgehead atoms. The molecule has 1 aromatic heterocycles. The zero-order valence-electron chi connectivity index (χ0n) is 18.7. The van der Waals surface area contributed by atoms with Crippen molar-refractivity contribution in [3.8, 4) is 0 Å². The highest BCUT2D eigenvalue weighted by Crippen LogP contribution is 2.24. The summed E-state index contributed by atoms with van der Waals surface area (Å²) in [6.07, 6.45) is 3.60. The molecule has 1 aliphatic rings. The number of nitrogens with zero attached hydrogens (tertiary/aromatic N) is 3. The van der Waals surface area contributed by atoms with Crippen LogP contribution < -0.4 is 10.2 Å². The predicted molar refractivity (Wildman–Crippen MR) is 127 cm³/mol.